The molecular weight excluding hydrogens is 721 g/mol. The van der Waals surface area contributed by atoms with Crippen molar-refractivity contribution in [3.05, 3.63) is 194 Å². The van der Waals surface area contributed by atoms with Gasteiger partial charge in [-0.3, -0.25) is 4.57 Å². The average molecular weight is 753 g/mol. The SMILES string of the molecule is c1ccc(-n2c3ccccc3c3cc(-c4ccc5c6ccccc6n(-c6nc(-c7ccc8oc9ccccc9c8c7)c7ccccc7n6)c5c4)c4ccccc4c32)cc1. The molecule has 5 nitrogen and oxygen atoms in total. The van der Waals surface area contributed by atoms with E-state index in [4.69, 9.17) is 14.4 Å². The Morgan fingerprint density at radius 3 is 1.80 bits per heavy atom. The molecule has 9 aromatic carbocycles. The molecule has 0 unspecified atom stereocenters. The summed E-state index contributed by atoms with van der Waals surface area (Å²) in [6.45, 7) is 0. The lowest BCUT2D eigenvalue weighted by Crippen LogP contribution is -2.03. The van der Waals surface area contributed by atoms with Crippen LogP contribution >= 0.6 is 0 Å². The van der Waals surface area contributed by atoms with E-state index in [1.54, 1.807) is 0 Å². The van der Waals surface area contributed by atoms with Gasteiger partial charge in [0.15, 0.2) is 0 Å². The molecule has 4 heterocycles. The average Bonchev–Trinajstić information content (AvgIpc) is 3.96. The molecule has 0 aliphatic carbocycles. The third kappa shape index (κ3) is 4.67. The molecule has 0 bridgehead atoms. The smallest absolute Gasteiger partial charge is 0.235 e. The molecule has 0 saturated heterocycles. The highest BCUT2D eigenvalue weighted by Gasteiger charge is 2.21. The highest BCUT2D eigenvalue weighted by atomic mass is 16.3. The number of nitrogens with zero attached hydrogens (tertiary/aromatic N) is 4. The van der Waals surface area contributed by atoms with Crippen molar-refractivity contribution in [2.24, 2.45) is 0 Å². The van der Waals surface area contributed by atoms with Gasteiger partial charge in [-0.15, -0.1) is 0 Å². The Hall–Kier alpha value is -8.02. The first-order valence-corrected chi connectivity index (χ1v) is 20.0. The normalized spacial score (nSPS) is 12.1. The van der Waals surface area contributed by atoms with Crippen LogP contribution in [-0.4, -0.2) is 19.1 Å². The van der Waals surface area contributed by atoms with Crippen LogP contribution < -0.4 is 0 Å². The molecule has 0 fully saturated rings. The minimum atomic E-state index is 0.630. The van der Waals surface area contributed by atoms with Crippen LogP contribution in [-0.2, 0) is 0 Å². The van der Waals surface area contributed by atoms with Gasteiger partial charge in [-0.05, 0) is 83.2 Å². The van der Waals surface area contributed by atoms with Gasteiger partial charge in [-0.25, -0.2) is 9.97 Å². The van der Waals surface area contributed by atoms with Crippen LogP contribution in [0.25, 0.3) is 121 Å². The molecule has 0 radical (unpaired) electrons. The maximum Gasteiger partial charge on any atom is 0.235 e. The number of aromatic nitrogens is 4. The number of benzene rings is 9. The monoisotopic (exact) mass is 752 g/mol. The van der Waals surface area contributed by atoms with Gasteiger partial charge in [0.25, 0.3) is 0 Å². The topological polar surface area (TPSA) is 48.8 Å². The van der Waals surface area contributed by atoms with E-state index in [2.05, 4.69) is 191 Å². The lowest BCUT2D eigenvalue weighted by Gasteiger charge is -2.14. The van der Waals surface area contributed by atoms with Crippen molar-refractivity contribution in [2.75, 3.05) is 0 Å². The zero-order valence-electron chi connectivity index (χ0n) is 31.7. The summed E-state index contributed by atoms with van der Waals surface area (Å²) >= 11 is 0. The number of fused-ring (bicyclic) bond motifs is 12. The molecule has 274 valence electrons. The summed E-state index contributed by atoms with van der Waals surface area (Å²) in [5, 5.41) is 10.3. The highest BCUT2D eigenvalue weighted by Crippen LogP contribution is 2.43. The minimum absolute atomic E-state index is 0.630. The molecule has 0 aliphatic heterocycles. The van der Waals surface area contributed by atoms with Crippen LogP contribution in [0.15, 0.2) is 199 Å². The second kappa shape index (κ2) is 12.2. The fourth-order valence-corrected chi connectivity index (χ4v) is 9.52. The Bertz CT molecular complexity index is 3850. The van der Waals surface area contributed by atoms with Crippen molar-refractivity contribution in [1.29, 1.82) is 0 Å². The second-order valence-corrected chi connectivity index (χ2v) is 15.3. The predicted octanol–water partition coefficient (Wildman–Crippen LogP) is 14.2. The van der Waals surface area contributed by atoms with Gasteiger partial charge < -0.3 is 8.98 Å². The molecule has 0 N–H and O–H groups in total. The summed E-state index contributed by atoms with van der Waals surface area (Å²) in [4.78, 5) is 10.8. The molecule has 0 saturated carbocycles. The van der Waals surface area contributed by atoms with Crippen LogP contribution in [0, 0.1) is 0 Å². The van der Waals surface area contributed by atoms with Gasteiger partial charge in [0, 0.05) is 54.3 Å². The summed E-state index contributed by atoms with van der Waals surface area (Å²) in [6.07, 6.45) is 0. The van der Waals surface area contributed by atoms with Crippen LogP contribution in [0.1, 0.15) is 0 Å². The third-order valence-electron chi connectivity index (χ3n) is 12.1. The quantitative estimate of drug-likeness (QED) is 0.180. The lowest BCUT2D eigenvalue weighted by molar-refractivity contribution is 0.669. The van der Waals surface area contributed by atoms with Crippen molar-refractivity contribution < 1.29 is 4.42 Å². The molecule has 13 rings (SSSR count). The van der Waals surface area contributed by atoms with Crippen molar-refractivity contribution in [1.82, 2.24) is 19.1 Å². The van der Waals surface area contributed by atoms with Crippen LogP contribution in [0.4, 0.5) is 0 Å². The zero-order valence-corrected chi connectivity index (χ0v) is 31.7. The fourth-order valence-electron chi connectivity index (χ4n) is 9.52. The first-order valence-electron chi connectivity index (χ1n) is 20.0. The third-order valence-corrected chi connectivity index (χ3v) is 12.1. The number of para-hydroxylation sites is 5. The minimum Gasteiger partial charge on any atom is -0.456 e. The first-order chi connectivity index (χ1) is 29.3. The summed E-state index contributed by atoms with van der Waals surface area (Å²) in [6, 6.07) is 69.1. The molecule has 0 spiro atoms. The number of hydrogen-bond donors (Lipinski definition) is 0. The Morgan fingerprint density at radius 2 is 0.966 bits per heavy atom. The zero-order chi connectivity index (χ0) is 38.6. The second-order valence-electron chi connectivity index (χ2n) is 15.3. The van der Waals surface area contributed by atoms with Gasteiger partial charge >= 0.3 is 0 Å². The van der Waals surface area contributed by atoms with E-state index in [1.807, 2.05) is 12.1 Å². The Morgan fingerprint density at radius 1 is 0.356 bits per heavy atom. The standard InChI is InChI=1S/C54H32N4O/c1-2-14-35(15-3-1)57-47-23-11-8-18-38(47)45-32-43(36-16-4-5-20-41(36)53(45)57)33-26-28-39-37-17-7-12-24-48(37)58(49(39)31-33)54-55-46-22-10-6-21-42(46)52(56-54)34-27-29-51-44(30-34)40-19-9-13-25-50(40)59-51/h1-32H. The molecule has 59 heavy (non-hydrogen) atoms. The van der Waals surface area contributed by atoms with E-state index in [0.717, 1.165) is 77.2 Å². The van der Waals surface area contributed by atoms with Gasteiger partial charge in [-0.2, -0.15) is 0 Å². The van der Waals surface area contributed by atoms with Crippen molar-refractivity contribution in [3.8, 4) is 34.0 Å². The van der Waals surface area contributed by atoms with Crippen molar-refractivity contribution in [3.63, 3.8) is 0 Å². The molecule has 0 amide bonds. The molecule has 4 aromatic heterocycles. The van der Waals surface area contributed by atoms with Gasteiger partial charge in [-0.1, -0.05) is 127 Å². The lowest BCUT2D eigenvalue weighted by atomic mass is 9.94. The van der Waals surface area contributed by atoms with E-state index in [-0.39, 0.29) is 0 Å². The van der Waals surface area contributed by atoms with E-state index in [9.17, 15) is 0 Å². The Balaban J connectivity index is 1.08. The van der Waals surface area contributed by atoms with Gasteiger partial charge in [0.05, 0.1) is 33.3 Å². The Labute approximate surface area is 337 Å². The molecule has 0 aliphatic rings. The first kappa shape index (κ1) is 32.1. The van der Waals surface area contributed by atoms with Crippen LogP contribution in [0.2, 0.25) is 0 Å². The molecule has 13 aromatic rings. The van der Waals surface area contributed by atoms with E-state index in [1.165, 1.54) is 38.1 Å². The number of furan rings is 1. The molecule has 0 atom stereocenters. The van der Waals surface area contributed by atoms with E-state index in [0.29, 0.717) is 5.95 Å². The highest BCUT2D eigenvalue weighted by molar-refractivity contribution is 6.22. The predicted molar refractivity (Wildman–Crippen MR) is 244 cm³/mol. The fraction of sp³-hybridized carbons (Fsp3) is 0. The summed E-state index contributed by atoms with van der Waals surface area (Å²) in [5.74, 6) is 0.630. The number of hydrogen-bond acceptors (Lipinski definition) is 3. The van der Waals surface area contributed by atoms with Gasteiger partial charge in [0.2, 0.25) is 5.95 Å². The molecule has 5 heteroatoms. The molecular formula is C54H32N4O. The summed E-state index contributed by atoms with van der Waals surface area (Å²) in [7, 11) is 0. The van der Waals surface area contributed by atoms with Gasteiger partial charge in [0.1, 0.15) is 11.2 Å². The maximum absolute atomic E-state index is 6.21. The van der Waals surface area contributed by atoms with E-state index < -0.39 is 0 Å². The summed E-state index contributed by atoms with van der Waals surface area (Å²) in [5.41, 5.74) is 12.5. The summed E-state index contributed by atoms with van der Waals surface area (Å²) < 4.78 is 10.9. The Kier molecular flexibility index (Phi) is 6.66. The maximum atomic E-state index is 6.21. The van der Waals surface area contributed by atoms with Crippen LogP contribution in [0.5, 0.6) is 0 Å². The van der Waals surface area contributed by atoms with E-state index >= 15 is 0 Å². The largest absolute Gasteiger partial charge is 0.456 e. The van der Waals surface area contributed by atoms with Crippen molar-refractivity contribution in [2.45, 2.75) is 0 Å². The number of rotatable bonds is 4. The van der Waals surface area contributed by atoms with Crippen LogP contribution in [0.3, 0.4) is 0 Å². The van der Waals surface area contributed by atoms with Crippen molar-refractivity contribution >= 4 is 87.2 Å².